The summed E-state index contributed by atoms with van der Waals surface area (Å²) in [5, 5.41) is 5.17. The topological polar surface area (TPSA) is 50.8 Å². The third kappa shape index (κ3) is 4.26. The molecule has 2 heterocycles. The number of hydrogen-bond acceptors (Lipinski definition) is 5. The Balaban J connectivity index is 1.41. The summed E-state index contributed by atoms with van der Waals surface area (Å²) in [6, 6.07) is 13.2. The van der Waals surface area contributed by atoms with Gasteiger partial charge in [0, 0.05) is 29.7 Å². The van der Waals surface area contributed by atoms with Crippen LogP contribution in [0.1, 0.15) is 17.4 Å². The van der Waals surface area contributed by atoms with Crippen LogP contribution in [0.2, 0.25) is 0 Å². The quantitative estimate of drug-likeness (QED) is 0.598. The van der Waals surface area contributed by atoms with Crippen molar-refractivity contribution in [3.05, 3.63) is 70.2 Å². The standard InChI is InChI=1S/C23H23FN2O3S/c1-15(23(27)26-11-9-22-16(14-26)10-12-30-22)25-17-7-8-19(18(24)13-17)29-21-6-4-3-5-20(21)28-2/h3-8,10,12-13,15,25H,9,11,14H2,1-2H3. The summed E-state index contributed by atoms with van der Waals surface area (Å²) >= 11 is 1.74. The zero-order valence-electron chi connectivity index (χ0n) is 16.9. The minimum Gasteiger partial charge on any atom is -0.493 e. The van der Waals surface area contributed by atoms with Crippen molar-refractivity contribution < 1.29 is 18.7 Å². The van der Waals surface area contributed by atoms with E-state index in [1.165, 1.54) is 23.6 Å². The third-order valence-electron chi connectivity index (χ3n) is 5.09. The van der Waals surface area contributed by atoms with Gasteiger partial charge in [-0.3, -0.25) is 4.79 Å². The van der Waals surface area contributed by atoms with E-state index in [0.29, 0.717) is 30.3 Å². The number of nitrogens with one attached hydrogen (secondary N) is 1. The average Bonchev–Trinajstić information content (AvgIpc) is 3.23. The van der Waals surface area contributed by atoms with Crippen molar-refractivity contribution in [2.45, 2.75) is 25.9 Å². The van der Waals surface area contributed by atoms with E-state index in [1.54, 1.807) is 48.6 Å². The molecule has 30 heavy (non-hydrogen) atoms. The predicted octanol–water partition coefficient (Wildman–Crippen LogP) is 5.07. The molecule has 0 saturated heterocycles. The molecule has 1 amide bonds. The lowest BCUT2D eigenvalue weighted by molar-refractivity contribution is -0.132. The van der Waals surface area contributed by atoms with Gasteiger partial charge in [-0.25, -0.2) is 4.39 Å². The summed E-state index contributed by atoms with van der Waals surface area (Å²) in [6.45, 7) is 3.13. The molecule has 7 heteroatoms. The first-order valence-electron chi connectivity index (χ1n) is 9.76. The summed E-state index contributed by atoms with van der Waals surface area (Å²) < 4.78 is 25.5. The van der Waals surface area contributed by atoms with E-state index in [2.05, 4.69) is 16.8 Å². The second-order valence-electron chi connectivity index (χ2n) is 7.14. The van der Waals surface area contributed by atoms with Crippen molar-refractivity contribution in [2.75, 3.05) is 19.0 Å². The van der Waals surface area contributed by atoms with Gasteiger partial charge in [0.15, 0.2) is 23.1 Å². The number of carbonyl (C=O) groups excluding carboxylic acids is 1. The summed E-state index contributed by atoms with van der Waals surface area (Å²) in [5.74, 6) is 0.521. The first kappa shape index (κ1) is 20.2. The first-order chi connectivity index (χ1) is 14.5. The number of ether oxygens (including phenoxy) is 2. The lowest BCUT2D eigenvalue weighted by Crippen LogP contribution is -2.43. The van der Waals surface area contributed by atoms with E-state index >= 15 is 0 Å². The maximum absolute atomic E-state index is 14.6. The number of methoxy groups -OCH3 is 1. The number of benzene rings is 2. The Morgan fingerprint density at radius 2 is 1.97 bits per heavy atom. The molecule has 1 N–H and O–H groups in total. The molecular weight excluding hydrogens is 403 g/mol. The molecule has 4 rings (SSSR count). The van der Waals surface area contributed by atoms with Gasteiger partial charge in [-0.2, -0.15) is 0 Å². The van der Waals surface area contributed by atoms with Gasteiger partial charge < -0.3 is 19.7 Å². The molecule has 3 aromatic rings. The van der Waals surface area contributed by atoms with E-state index in [-0.39, 0.29) is 11.7 Å². The lowest BCUT2D eigenvalue weighted by Gasteiger charge is -2.30. The predicted molar refractivity (Wildman–Crippen MR) is 116 cm³/mol. The molecule has 0 saturated carbocycles. The molecule has 0 fully saturated rings. The fourth-order valence-electron chi connectivity index (χ4n) is 3.52. The number of fused-ring (bicyclic) bond motifs is 1. The minimum absolute atomic E-state index is 0.00149. The number of hydrogen-bond donors (Lipinski definition) is 1. The van der Waals surface area contributed by atoms with Gasteiger partial charge in [-0.1, -0.05) is 12.1 Å². The number of thiophene rings is 1. The van der Waals surface area contributed by atoms with Crippen LogP contribution in [0.15, 0.2) is 53.9 Å². The van der Waals surface area contributed by atoms with Crippen LogP contribution in [0, 0.1) is 5.82 Å². The smallest absolute Gasteiger partial charge is 0.245 e. The maximum atomic E-state index is 14.6. The molecule has 1 aliphatic heterocycles. The monoisotopic (exact) mass is 426 g/mol. The lowest BCUT2D eigenvalue weighted by atomic mass is 10.1. The van der Waals surface area contributed by atoms with Gasteiger partial charge in [0.1, 0.15) is 6.04 Å². The normalized spacial score (nSPS) is 14.0. The first-order valence-corrected chi connectivity index (χ1v) is 10.6. The van der Waals surface area contributed by atoms with E-state index in [1.807, 2.05) is 11.0 Å². The van der Waals surface area contributed by atoms with E-state index in [9.17, 15) is 9.18 Å². The number of amides is 1. The zero-order chi connectivity index (χ0) is 21.1. The number of halogens is 1. The second kappa shape index (κ2) is 8.75. The van der Waals surface area contributed by atoms with Crippen molar-refractivity contribution >= 4 is 22.9 Å². The molecule has 156 valence electrons. The molecule has 0 aliphatic carbocycles. The molecule has 1 atom stereocenters. The molecule has 5 nitrogen and oxygen atoms in total. The highest BCUT2D eigenvalue weighted by Gasteiger charge is 2.25. The Hall–Kier alpha value is -3.06. The Morgan fingerprint density at radius 1 is 1.17 bits per heavy atom. The summed E-state index contributed by atoms with van der Waals surface area (Å²) in [7, 11) is 1.53. The zero-order valence-corrected chi connectivity index (χ0v) is 17.7. The van der Waals surface area contributed by atoms with Crippen molar-refractivity contribution in [1.82, 2.24) is 4.90 Å². The highest BCUT2D eigenvalue weighted by atomic mass is 32.1. The molecule has 2 aromatic carbocycles. The second-order valence-corrected chi connectivity index (χ2v) is 8.14. The van der Waals surface area contributed by atoms with Gasteiger partial charge in [-0.15, -0.1) is 11.3 Å². The molecule has 0 bridgehead atoms. The molecular formula is C23H23FN2O3S. The molecule has 0 spiro atoms. The molecule has 0 radical (unpaired) electrons. The SMILES string of the molecule is COc1ccccc1Oc1ccc(NC(C)C(=O)N2CCc3sccc3C2)cc1F. The summed E-state index contributed by atoms with van der Waals surface area (Å²) in [4.78, 5) is 16.0. The number of carbonyl (C=O) groups is 1. The van der Waals surface area contributed by atoms with Gasteiger partial charge in [0.05, 0.1) is 7.11 Å². The summed E-state index contributed by atoms with van der Waals surface area (Å²) in [5.41, 5.74) is 1.74. The van der Waals surface area contributed by atoms with Crippen LogP contribution in [-0.2, 0) is 17.8 Å². The largest absolute Gasteiger partial charge is 0.493 e. The number of rotatable bonds is 6. The highest BCUT2D eigenvalue weighted by molar-refractivity contribution is 7.10. The Morgan fingerprint density at radius 3 is 2.73 bits per heavy atom. The van der Waals surface area contributed by atoms with E-state index in [4.69, 9.17) is 9.47 Å². The number of nitrogens with zero attached hydrogens (tertiary/aromatic N) is 1. The molecule has 1 aliphatic rings. The van der Waals surface area contributed by atoms with Crippen LogP contribution < -0.4 is 14.8 Å². The van der Waals surface area contributed by atoms with Crippen LogP contribution in [-0.4, -0.2) is 30.5 Å². The maximum Gasteiger partial charge on any atom is 0.245 e. The van der Waals surface area contributed by atoms with Crippen molar-refractivity contribution in [3.63, 3.8) is 0 Å². The van der Waals surface area contributed by atoms with Crippen molar-refractivity contribution in [3.8, 4) is 17.2 Å². The average molecular weight is 427 g/mol. The fraction of sp³-hybridized carbons (Fsp3) is 0.261. The fourth-order valence-corrected chi connectivity index (χ4v) is 4.41. The van der Waals surface area contributed by atoms with Crippen LogP contribution in [0.25, 0.3) is 0 Å². The van der Waals surface area contributed by atoms with E-state index < -0.39 is 11.9 Å². The van der Waals surface area contributed by atoms with E-state index in [0.717, 1.165) is 6.42 Å². The number of anilines is 1. The van der Waals surface area contributed by atoms with Gasteiger partial charge in [-0.05, 0) is 54.6 Å². The van der Waals surface area contributed by atoms with Crippen molar-refractivity contribution in [2.24, 2.45) is 0 Å². The molecule has 1 aromatic heterocycles. The van der Waals surface area contributed by atoms with Crippen LogP contribution in [0.4, 0.5) is 10.1 Å². The molecule has 1 unspecified atom stereocenters. The summed E-state index contributed by atoms with van der Waals surface area (Å²) in [6.07, 6.45) is 0.884. The van der Waals surface area contributed by atoms with Crippen LogP contribution >= 0.6 is 11.3 Å². The van der Waals surface area contributed by atoms with Crippen molar-refractivity contribution in [1.29, 1.82) is 0 Å². The van der Waals surface area contributed by atoms with Crippen LogP contribution in [0.3, 0.4) is 0 Å². The van der Waals surface area contributed by atoms with Gasteiger partial charge in [0.2, 0.25) is 5.91 Å². The highest BCUT2D eigenvalue weighted by Crippen LogP contribution is 2.33. The Bertz CT molecular complexity index is 1050. The third-order valence-corrected chi connectivity index (χ3v) is 6.12. The van der Waals surface area contributed by atoms with Gasteiger partial charge in [0.25, 0.3) is 0 Å². The van der Waals surface area contributed by atoms with Gasteiger partial charge >= 0.3 is 0 Å². The van der Waals surface area contributed by atoms with Crippen LogP contribution in [0.5, 0.6) is 17.2 Å². The Kier molecular flexibility index (Phi) is 5.90. The minimum atomic E-state index is -0.522. The Labute approximate surface area is 179 Å². The number of para-hydroxylation sites is 2.